The Balaban J connectivity index is 2.23. The zero-order valence-electron chi connectivity index (χ0n) is 12.9. The Bertz CT molecular complexity index is 594. The molecule has 0 aliphatic rings. The number of anilines is 1. The van der Waals surface area contributed by atoms with Gasteiger partial charge in [0.1, 0.15) is 11.5 Å². The zero-order chi connectivity index (χ0) is 15.4. The molecule has 1 aromatic heterocycles. The monoisotopic (exact) mass is 306 g/mol. The first-order valence-corrected chi connectivity index (χ1v) is 7.68. The molecular weight excluding hydrogens is 284 g/mol. The van der Waals surface area contributed by atoms with Crippen LogP contribution in [0.1, 0.15) is 30.4 Å². The number of furan rings is 1. The number of benzene rings is 1. The van der Waals surface area contributed by atoms with Gasteiger partial charge in [0.2, 0.25) is 0 Å². The molecule has 1 atom stereocenters. The Labute approximate surface area is 131 Å². The molecule has 2 N–H and O–H groups in total. The maximum absolute atomic E-state index is 6.38. The molecule has 0 amide bonds. The van der Waals surface area contributed by atoms with E-state index in [0.29, 0.717) is 6.54 Å². The molecule has 2 aromatic rings. The molecular formula is C17H23ClN2O. The number of nitrogens with two attached hydrogens (primary N) is 1. The number of aryl methyl sites for hydroxylation is 1. The molecule has 0 saturated carbocycles. The Morgan fingerprint density at radius 1 is 1.29 bits per heavy atom. The lowest BCUT2D eigenvalue weighted by atomic mass is 10.0. The van der Waals surface area contributed by atoms with Crippen molar-refractivity contribution in [1.82, 2.24) is 0 Å². The Hall–Kier alpha value is -1.45. The van der Waals surface area contributed by atoms with Crippen molar-refractivity contribution in [1.29, 1.82) is 0 Å². The van der Waals surface area contributed by atoms with Crippen molar-refractivity contribution in [2.75, 3.05) is 11.9 Å². The Morgan fingerprint density at radius 2 is 2.05 bits per heavy atom. The summed E-state index contributed by atoms with van der Waals surface area (Å²) in [6.45, 7) is 4.76. The van der Waals surface area contributed by atoms with Gasteiger partial charge in [0.05, 0.1) is 6.54 Å². The quantitative estimate of drug-likeness (QED) is 0.871. The highest BCUT2D eigenvalue weighted by molar-refractivity contribution is 6.31. The van der Waals surface area contributed by atoms with Crippen molar-refractivity contribution in [2.45, 2.75) is 39.3 Å². The normalized spacial score (nSPS) is 12.4. The van der Waals surface area contributed by atoms with Gasteiger partial charge in [-0.3, -0.25) is 0 Å². The minimum absolute atomic E-state index is 0.128. The molecule has 0 saturated heterocycles. The Kier molecular flexibility index (Phi) is 5.32. The van der Waals surface area contributed by atoms with Gasteiger partial charge in [-0.1, -0.05) is 24.6 Å². The van der Waals surface area contributed by atoms with E-state index in [2.05, 4.69) is 17.9 Å². The number of hydrogen-bond donors (Lipinski definition) is 1. The van der Waals surface area contributed by atoms with E-state index in [-0.39, 0.29) is 6.04 Å². The lowest BCUT2D eigenvalue weighted by Crippen LogP contribution is -2.24. The third-order valence-electron chi connectivity index (χ3n) is 3.69. The third-order valence-corrected chi connectivity index (χ3v) is 4.04. The first-order chi connectivity index (χ1) is 10.0. The summed E-state index contributed by atoms with van der Waals surface area (Å²) in [6, 6.07) is 10.1. The Morgan fingerprint density at radius 3 is 2.67 bits per heavy atom. The van der Waals surface area contributed by atoms with Crippen molar-refractivity contribution in [3.8, 4) is 0 Å². The largest absolute Gasteiger partial charge is 0.464 e. The van der Waals surface area contributed by atoms with E-state index >= 15 is 0 Å². The van der Waals surface area contributed by atoms with Crippen molar-refractivity contribution >= 4 is 17.3 Å². The smallest absolute Gasteiger partial charge is 0.123 e. The molecule has 0 aliphatic carbocycles. The highest BCUT2D eigenvalue weighted by Gasteiger charge is 2.14. The van der Waals surface area contributed by atoms with Crippen LogP contribution in [0.2, 0.25) is 5.02 Å². The van der Waals surface area contributed by atoms with Gasteiger partial charge < -0.3 is 15.1 Å². The van der Waals surface area contributed by atoms with E-state index in [1.807, 2.05) is 38.2 Å². The van der Waals surface area contributed by atoms with Gasteiger partial charge in [-0.25, -0.2) is 0 Å². The van der Waals surface area contributed by atoms with E-state index in [9.17, 15) is 0 Å². The number of halogens is 1. The van der Waals surface area contributed by atoms with Gasteiger partial charge in [-0.15, -0.1) is 0 Å². The lowest BCUT2D eigenvalue weighted by molar-refractivity contribution is 0.481. The predicted molar refractivity (Wildman–Crippen MR) is 89.0 cm³/mol. The van der Waals surface area contributed by atoms with E-state index < -0.39 is 0 Å². The van der Waals surface area contributed by atoms with E-state index in [1.165, 1.54) is 0 Å². The van der Waals surface area contributed by atoms with E-state index in [4.69, 9.17) is 21.8 Å². The van der Waals surface area contributed by atoms with Gasteiger partial charge in [-0.05, 0) is 49.6 Å². The topological polar surface area (TPSA) is 42.4 Å². The summed E-state index contributed by atoms with van der Waals surface area (Å²) in [4.78, 5) is 2.15. The second-order valence-electron chi connectivity index (χ2n) is 5.48. The average molecular weight is 307 g/mol. The summed E-state index contributed by atoms with van der Waals surface area (Å²) >= 11 is 6.38. The summed E-state index contributed by atoms with van der Waals surface area (Å²) in [5, 5.41) is 0.777. The summed E-state index contributed by atoms with van der Waals surface area (Å²) in [5.41, 5.74) is 8.33. The molecule has 21 heavy (non-hydrogen) atoms. The SMILES string of the molecule is CCC(N)Cc1c(Cl)cccc1N(C)Cc1ccc(C)o1. The first-order valence-electron chi connectivity index (χ1n) is 7.30. The summed E-state index contributed by atoms with van der Waals surface area (Å²) in [6.07, 6.45) is 1.72. The number of hydrogen-bond acceptors (Lipinski definition) is 3. The fourth-order valence-electron chi connectivity index (χ4n) is 2.40. The number of nitrogens with zero attached hydrogens (tertiary/aromatic N) is 1. The van der Waals surface area contributed by atoms with Crippen molar-refractivity contribution in [2.24, 2.45) is 5.73 Å². The molecule has 0 bridgehead atoms. The van der Waals surface area contributed by atoms with Gasteiger partial charge in [0, 0.05) is 23.8 Å². The lowest BCUT2D eigenvalue weighted by Gasteiger charge is -2.23. The highest BCUT2D eigenvalue weighted by Crippen LogP contribution is 2.29. The van der Waals surface area contributed by atoms with Crippen LogP contribution in [0.15, 0.2) is 34.7 Å². The van der Waals surface area contributed by atoms with Gasteiger partial charge >= 0.3 is 0 Å². The van der Waals surface area contributed by atoms with E-state index in [0.717, 1.165) is 40.6 Å². The zero-order valence-corrected chi connectivity index (χ0v) is 13.7. The minimum Gasteiger partial charge on any atom is -0.464 e. The molecule has 1 aromatic carbocycles. The molecule has 0 aliphatic heterocycles. The second kappa shape index (κ2) is 7.01. The van der Waals surface area contributed by atoms with Crippen molar-refractivity contribution < 1.29 is 4.42 Å². The molecule has 1 unspecified atom stereocenters. The maximum atomic E-state index is 6.38. The highest BCUT2D eigenvalue weighted by atomic mass is 35.5. The van der Waals surface area contributed by atoms with Crippen LogP contribution in [0.4, 0.5) is 5.69 Å². The van der Waals surface area contributed by atoms with Gasteiger partial charge in [0.15, 0.2) is 0 Å². The van der Waals surface area contributed by atoms with Gasteiger partial charge in [-0.2, -0.15) is 0 Å². The van der Waals surface area contributed by atoms with Crippen LogP contribution in [0, 0.1) is 6.92 Å². The van der Waals surface area contributed by atoms with Crippen LogP contribution < -0.4 is 10.6 Å². The molecule has 114 valence electrons. The van der Waals surface area contributed by atoms with Crippen molar-refractivity contribution in [3.05, 3.63) is 52.4 Å². The fraction of sp³-hybridized carbons (Fsp3) is 0.412. The van der Waals surface area contributed by atoms with Crippen LogP contribution in [-0.4, -0.2) is 13.1 Å². The third kappa shape index (κ3) is 4.02. The molecule has 1 heterocycles. The van der Waals surface area contributed by atoms with Crippen LogP contribution in [-0.2, 0) is 13.0 Å². The molecule has 2 rings (SSSR count). The molecule has 0 spiro atoms. The summed E-state index contributed by atoms with van der Waals surface area (Å²) in [7, 11) is 2.05. The summed E-state index contributed by atoms with van der Waals surface area (Å²) in [5.74, 6) is 1.87. The number of rotatable bonds is 6. The maximum Gasteiger partial charge on any atom is 0.123 e. The standard InChI is InChI=1S/C17H23ClN2O/c1-4-13(19)10-15-16(18)6-5-7-17(15)20(3)11-14-9-8-12(2)21-14/h5-9,13H,4,10-11,19H2,1-3H3. The predicted octanol–water partition coefficient (Wildman–Crippen LogP) is 4.16. The van der Waals surface area contributed by atoms with Crippen LogP contribution in [0.5, 0.6) is 0 Å². The molecule has 0 fully saturated rings. The molecule has 3 nitrogen and oxygen atoms in total. The minimum atomic E-state index is 0.128. The van der Waals surface area contributed by atoms with E-state index in [1.54, 1.807) is 0 Å². The molecule has 0 radical (unpaired) electrons. The van der Waals surface area contributed by atoms with Crippen LogP contribution >= 0.6 is 11.6 Å². The fourth-order valence-corrected chi connectivity index (χ4v) is 2.65. The first kappa shape index (κ1) is 15.9. The van der Waals surface area contributed by atoms with Crippen LogP contribution in [0.3, 0.4) is 0 Å². The van der Waals surface area contributed by atoms with Gasteiger partial charge in [0.25, 0.3) is 0 Å². The average Bonchev–Trinajstić information content (AvgIpc) is 2.86. The van der Waals surface area contributed by atoms with Crippen LogP contribution in [0.25, 0.3) is 0 Å². The van der Waals surface area contributed by atoms with Crippen molar-refractivity contribution in [3.63, 3.8) is 0 Å². The molecule has 4 heteroatoms. The second-order valence-corrected chi connectivity index (χ2v) is 5.89. The summed E-state index contributed by atoms with van der Waals surface area (Å²) < 4.78 is 5.65.